The van der Waals surface area contributed by atoms with Gasteiger partial charge in [-0.1, -0.05) is 18.7 Å². The Bertz CT molecular complexity index is 724. The summed E-state index contributed by atoms with van der Waals surface area (Å²) in [5.74, 6) is 0. The van der Waals surface area contributed by atoms with Crippen LogP contribution in [0.5, 0.6) is 0 Å². The van der Waals surface area contributed by atoms with Crippen molar-refractivity contribution in [2.24, 2.45) is 0 Å². The van der Waals surface area contributed by atoms with E-state index in [1.54, 1.807) is 0 Å². The number of rotatable bonds is 4. The summed E-state index contributed by atoms with van der Waals surface area (Å²) in [4.78, 5) is 0. The van der Waals surface area contributed by atoms with E-state index in [-0.39, 0.29) is 0 Å². The molecular weight excluding hydrogens is 258 g/mol. The molecule has 0 atom stereocenters. The summed E-state index contributed by atoms with van der Waals surface area (Å²) in [5, 5.41) is 15.6. The van der Waals surface area contributed by atoms with E-state index in [1.165, 1.54) is 0 Å². The van der Waals surface area contributed by atoms with Crippen LogP contribution in [-0.4, -0.2) is 7.05 Å². The van der Waals surface area contributed by atoms with Gasteiger partial charge in [-0.05, 0) is 49.2 Å². The molecule has 21 heavy (non-hydrogen) atoms. The first kappa shape index (κ1) is 14.7. The van der Waals surface area contributed by atoms with Crippen molar-refractivity contribution < 1.29 is 0 Å². The number of nitriles is 1. The van der Waals surface area contributed by atoms with Crippen LogP contribution in [0.25, 0.3) is 5.70 Å². The smallest absolute Gasteiger partial charge is 0.101 e. The first-order valence-corrected chi connectivity index (χ1v) is 6.80. The molecule has 0 aliphatic rings. The summed E-state index contributed by atoms with van der Waals surface area (Å²) in [6.07, 6.45) is 0. The van der Waals surface area contributed by atoms with Crippen molar-refractivity contribution in [1.29, 1.82) is 5.26 Å². The Kier molecular flexibility index (Phi) is 4.30. The maximum Gasteiger partial charge on any atom is 0.101 e. The fraction of sp³-hybridized carbons (Fsp3) is 0.167. The lowest BCUT2D eigenvalue weighted by molar-refractivity contribution is 1.37. The summed E-state index contributed by atoms with van der Waals surface area (Å²) < 4.78 is 0. The van der Waals surface area contributed by atoms with Gasteiger partial charge >= 0.3 is 0 Å². The van der Waals surface area contributed by atoms with Gasteiger partial charge in [-0.25, -0.2) is 0 Å². The summed E-state index contributed by atoms with van der Waals surface area (Å²) in [6, 6.07) is 14.1. The van der Waals surface area contributed by atoms with Crippen molar-refractivity contribution in [3.05, 3.63) is 65.2 Å². The number of hydrogen-bond acceptors (Lipinski definition) is 3. The van der Waals surface area contributed by atoms with Crippen LogP contribution in [0, 0.1) is 25.2 Å². The Labute approximate surface area is 125 Å². The molecule has 2 N–H and O–H groups in total. The minimum Gasteiger partial charge on any atom is -0.388 e. The zero-order valence-corrected chi connectivity index (χ0v) is 12.6. The zero-order valence-electron chi connectivity index (χ0n) is 12.6. The second-order valence-electron chi connectivity index (χ2n) is 5.04. The zero-order chi connectivity index (χ0) is 15.4. The monoisotopic (exact) mass is 277 g/mol. The Balaban J connectivity index is 2.33. The highest BCUT2D eigenvalue weighted by Gasteiger charge is 2.07. The Morgan fingerprint density at radius 1 is 1.14 bits per heavy atom. The van der Waals surface area contributed by atoms with Crippen LogP contribution >= 0.6 is 0 Å². The number of nitrogens with zero attached hydrogens (tertiary/aromatic N) is 1. The van der Waals surface area contributed by atoms with Crippen molar-refractivity contribution in [2.75, 3.05) is 17.7 Å². The van der Waals surface area contributed by atoms with Gasteiger partial charge in [0.1, 0.15) is 6.07 Å². The maximum absolute atomic E-state index is 9.23. The summed E-state index contributed by atoms with van der Waals surface area (Å²) in [6.45, 7) is 8.12. The molecule has 2 rings (SSSR count). The van der Waals surface area contributed by atoms with E-state index in [9.17, 15) is 5.26 Å². The van der Waals surface area contributed by atoms with Gasteiger partial charge < -0.3 is 10.6 Å². The molecule has 0 radical (unpaired) electrons. The van der Waals surface area contributed by atoms with Gasteiger partial charge in [0.15, 0.2) is 0 Å². The number of benzene rings is 2. The van der Waals surface area contributed by atoms with Gasteiger partial charge in [0, 0.05) is 24.0 Å². The molecule has 106 valence electrons. The average molecular weight is 277 g/mol. The maximum atomic E-state index is 9.23. The molecule has 3 heteroatoms. The number of nitrogens with one attached hydrogen (secondary N) is 2. The van der Waals surface area contributed by atoms with Crippen molar-refractivity contribution in [3.63, 3.8) is 0 Å². The van der Waals surface area contributed by atoms with E-state index in [4.69, 9.17) is 0 Å². The largest absolute Gasteiger partial charge is 0.388 e. The predicted octanol–water partition coefficient (Wildman–Crippen LogP) is 4.30. The van der Waals surface area contributed by atoms with Gasteiger partial charge in [0.25, 0.3) is 0 Å². The Morgan fingerprint density at radius 2 is 1.90 bits per heavy atom. The molecule has 0 heterocycles. The molecule has 0 saturated heterocycles. The third-order valence-corrected chi connectivity index (χ3v) is 3.43. The average Bonchev–Trinajstić information content (AvgIpc) is 2.49. The topological polar surface area (TPSA) is 47.9 Å². The Morgan fingerprint density at radius 3 is 2.57 bits per heavy atom. The lowest BCUT2D eigenvalue weighted by Crippen LogP contribution is -2.02. The van der Waals surface area contributed by atoms with Gasteiger partial charge in [0.05, 0.1) is 11.3 Å². The van der Waals surface area contributed by atoms with Crippen LogP contribution in [0.15, 0.2) is 43.0 Å². The Hall–Kier alpha value is -2.73. The fourth-order valence-electron chi connectivity index (χ4n) is 2.19. The molecule has 0 spiro atoms. The molecule has 2 aromatic carbocycles. The highest BCUT2D eigenvalue weighted by atomic mass is 14.9. The predicted molar refractivity (Wildman–Crippen MR) is 89.3 cm³/mol. The van der Waals surface area contributed by atoms with Crippen LogP contribution in [0.4, 0.5) is 11.4 Å². The summed E-state index contributed by atoms with van der Waals surface area (Å²) in [7, 11) is 1.89. The highest BCUT2D eigenvalue weighted by molar-refractivity contribution is 5.80. The van der Waals surface area contributed by atoms with Crippen LogP contribution in [0.1, 0.15) is 22.3 Å². The normalized spacial score (nSPS) is 9.81. The lowest BCUT2D eigenvalue weighted by Gasteiger charge is -2.15. The molecule has 3 nitrogen and oxygen atoms in total. The number of aryl methyl sites for hydroxylation is 2. The number of anilines is 2. The first-order chi connectivity index (χ1) is 10.0. The van der Waals surface area contributed by atoms with Gasteiger partial charge in [0.2, 0.25) is 0 Å². The molecule has 0 aliphatic carbocycles. The summed E-state index contributed by atoms with van der Waals surface area (Å²) >= 11 is 0. The van der Waals surface area contributed by atoms with Crippen molar-refractivity contribution in [1.82, 2.24) is 0 Å². The quantitative estimate of drug-likeness (QED) is 0.876. The SMILES string of the molecule is C=C(Nc1ccc(C)cc1C#N)c1cc(NC)ccc1C. The molecule has 0 bridgehead atoms. The standard InChI is InChI=1S/C18H19N3/c1-12-5-8-18(15(9-12)11-19)21-14(3)17-10-16(20-4)7-6-13(17)2/h5-10,20-21H,3H2,1-2,4H3. The number of hydrogen-bond donors (Lipinski definition) is 2. The first-order valence-electron chi connectivity index (χ1n) is 6.80. The molecule has 0 aliphatic heterocycles. The second-order valence-corrected chi connectivity index (χ2v) is 5.04. The van der Waals surface area contributed by atoms with Crippen LogP contribution in [-0.2, 0) is 0 Å². The molecule has 0 aromatic heterocycles. The van der Waals surface area contributed by atoms with E-state index < -0.39 is 0 Å². The third kappa shape index (κ3) is 3.24. The summed E-state index contributed by atoms with van der Waals surface area (Å²) in [5.41, 5.74) is 6.45. The van der Waals surface area contributed by atoms with E-state index in [0.717, 1.165) is 33.8 Å². The second kappa shape index (κ2) is 6.15. The van der Waals surface area contributed by atoms with Crippen molar-refractivity contribution in [2.45, 2.75) is 13.8 Å². The molecule has 0 saturated carbocycles. The van der Waals surface area contributed by atoms with E-state index >= 15 is 0 Å². The van der Waals surface area contributed by atoms with E-state index in [0.29, 0.717) is 5.56 Å². The van der Waals surface area contributed by atoms with E-state index in [2.05, 4.69) is 23.3 Å². The van der Waals surface area contributed by atoms with Crippen LogP contribution < -0.4 is 10.6 Å². The minimum absolute atomic E-state index is 0.624. The van der Waals surface area contributed by atoms with Crippen LogP contribution in [0.2, 0.25) is 0 Å². The fourth-order valence-corrected chi connectivity index (χ4v) is 2.19. The van der Waals surface area contributed by atoms with Gasteiger partial charge in [-0.3, -0.25) is 0 Å². The van der Waals surface area contributed by atoms with Gasteiger partial charge in [-0.2, -0.15) is 5.26 Å². The van der Waals surface area contributed by atoms with Gasteiger partial charge in [-0.15, -0.1) is 0 Å². The molecule has 2 aromatic rings. The molecule has 0 unspecified atom stereocenters. The highest BCUT2D eigenvalue weighted by Crippen LogP contribution is 2.25. The lowest BCUT2D eigenvalue weighted by atomic mass is 10.0. The molecule has 0 amide bonds. The minimum atomic E-state index is 0.624. The van der Waals surface area contributed by atoms with E-state index in [1.807, 2.05) is 57.3 Å². The molecular formula is C18H19N3. The molecule has 0 fully saturated rings. The van der Waals surface area contributed by atoms with Crippen LogP contribution in [0.3, 0.4) is 0 Å². The van der Waals surface area contributed by atoms with Crippen molar-refractivity contribution >= 4 is 17.1 Å². The van der Waals surface area contributed by atoms with Crippen molar-refractivity contribution in [3.8, 4) is 6.07 Å². The third-order valence-electron chi connectivity index (χ3n) is 3.43.